The second-order valence-corrected chi connectivity index (χ2v) is 10.6. The summed E-state index contributed by atoms with van der Waals surface area (Å²) in [6.45, 7) is 9.20. The van der Waals surface area contributed by atoms with Gasteiger partial charge in [0.15, 0.2) is 0 Å². The third kappa shape index (κ3) is 6.83. The fourth-order valence-corrected chi connectivity index (χ4v) is 5.49. The summed E-state index contributed by atoms with van der Waals surface area (Å²) in [5.74, 6) is -0.146. The molecule has 3 aromatic rings. The number of hydrogen-bond donors (Lipinski definition) is 1. The Morgan fingerprint density at radius 3 is 2.31 bits per heavy atom. The van der Waals surface area contributed by atoms with Gasteiger partial charge in [-0.05, 0) is 67.8 Å². The number of carbonyl (C=O) groups is 2. The lowest BCUT2D eigenvalue weighted by Gasteiger charge is -2.29. The van der Waals surface area contributed by atoms with Gasteiger partial charge in [-0.25, -0.2) is 0 Å². The van der Waals surface area contributed by atoms with Crippen LogP contribution in [0.3, 0.4) is 0 Å². The molecule has 3 aromatic carbocycles. The molecule has 0 aromatic heterocycles. The smallest absolute Gasteiger partial charge is 0.295 e. The van der Waals surface area contributed by atoms with Crippen LogP contribution in [0.2, 0.25) is 0 Å². The van der Waals surface area contributed by atoms with Gasteiger partial charge in [-0.3, -0.25) is 14.5 Å². The first-order chi connectivity index (χ1) is 20.4. The number of aryl methyl sites for hydroxylation is 1. The normalized spacial score (nSPS) is 18.8. The second kappa shape index (κ2) is 13.7. The molecular weight excluding hydrogens is 532 g/mol. The Balaban J connectivity index is 1.39. The fourth-order valence-electron chi connectivity index (χ4n) is 5.49. The summed E-state index contributed by atoms with van der Waals surface area (Å²) < 4.78 is 17.0. The van der Waals surface area contributed by atoms with Crippen molar-refractivity contribution in [3.8, 4) is 11.5 Å². The molecule has 0 spiro atoms. The van der Waals surface area contributed by atoms with E-state index < -0.39 is 17.7 Å². The number of nitrogens with zero attached hydrogens (tertiary/aromatic N) is 2. The number of aliphatic hydroxyl groups excluding tert-OH is 1. The van der Waals surface area contributed by atoms with Gasteiger partial charge in [0.05, 0.1) is 31.4 Å². The van der Waals surface area contributed by atoms with Gasteiger partial charge < -0.3 is 24.2 Å². The Morgan fingerprint density at radius 2 is 1.62 bits per heavy atom. The molecule has 2 fully saturated rings. The average molecular weight is 571 g/mol. The molecule has 0 radical (unpaired) electrons. The largest absolute Gasteiger partial charge is 0.507 e. The number of hydrogen-bond acceptors (Lipinski definition) is 7. The first kappa shape index (κ1) is 29.4. The molecule has 2 aliphatic heterocycles. The summed E-state index contributed by atoms with van der Waals surface area (Å²) in [7, 11) is 0. The van der Waals surface area contributed by atoms with E-state index >= 15 is 0 Å². The van der Waals surface area contributed by atoms with Gasteiger partial charge in [-0.2, -0.15) is 0 Å². The monoisotopic (exact) mass is 570 g/mol. The van der Waals surface area contributed by atoms with E-state index in [9.17, 15) is 14.7 Å². The average Bonchev–Trinajstić information content (AvgIpc) is 3.26. The standard InChI is InChI=1S/C34H38N2O6/c1-3-41-28-12-8-26(9-13-28)31-30(33(38)34(39)36(31)17-5-16-35-18-20-40-21-19-35)32(37)27-10-14-29(15-11-27)42-23-25-7-4-6-24(2)22-25/h4,6-15,22,31,37H,3,5,16-21,23H2,1-2H3. The van der Waals surface area contributed by atoms with Gasteiger partial charge in [0.1, 0.15) is 23.9 Å². The van der Waals surface area contributed by atoms with Crippen LogP contribution in [0.5, 0.6) is 11.5 Å². The molecule has 220 valence electrons. The number of likely N-dealkylation sites (tertiary alicyclic amines) is 1. The van der Waals surface area contributed by atoms with Crippen LogP contribution in [0.4, 0.5) is 0 Å². The van der Waals surface area contributed by atoms with E-state index in [1.54, 1.807) is 29.2 Å². The van der Waals surface area contributed by atoms with Crippen LogP contribution < -0.4 is 9.47 Å². The molecule has 5 rings (SSSR count). The Bertz CT molecular complexity index is 1410. The van der Waals surface area contributed by atoms with Crippen LogP contribution in [0, 0.1) is 6.92 Å². The number of amides is 1. The van der Waals surface area contributed by atoms with E-state index in [1.165, 1.54) is 0 Å². The number of aliphatic hydroxyl groups is 1. The van der Waals surface area contributed by atoms with Crippen LogP contribution in [0.15, 0.2) is 78.4 Å². The van der Waals surface area contributed by atoms with Gasteiger partial charge in [0.2, 0.25) is 0 Å². The van der Waals surface area contributed by atoms with Crippen LogP contribution >= 0.6 is 0 Å². The van der Waals surface area contributed by atoms with Gasteiger partial charge in [-0.1, -0.05) is 42.0 Å². The van der Waals surface area contributed by atoms with E-state index in [2.05, 4.69) is 11.0 Å². The molecule has 1 unspecified atom stereocenters. The zero-order chi connectivity index (χ0) is 29.5. The number of ketones is 1. The van der Waals surface area contributed by atoms with E-state index in [0.29, 0.717) is 56.5 Å². The SMILES string of the molecule is CCOc1ccc(C2C(=C(O)c3ccc(OCc4cccc(C)c4)cc3)C(=O)C(=O)N2CCCN2CCOCC2)cc1. The molecule has 0 bridgehead atoms. The topological polar surface area (TPSA) is 88.5 Å². The first-order valence-corrected chi connectivity index (χ1v) is 14.5. The summed E-state index contributed by atoms with van der Waals surface area (Å²) in [6.07, 6.45) is 0.702. The van der Waals surface area contributed by atoms with Crippen LogP contribution in [-0.4, -0.2) is 72.6 Å². The van der Waals surface area contributed by atoms with E-state index in [1.807, 2.05) is 56.3 Å². The molecule has 8 heteroatoms. The van der Waals surface area contributed by atoms with Crippen LogP contribution in [0.25, 0.3) is 5.76 Å². The fraction of sp³-hybridized carbons (Fsp3) is 0.353. The Morgan fingerprint density at radius 1 is 0.929 bits per heavy atom. The lowest BCUT2D eigenvalue weighted by molar-refractivity contribution is -0.140. The van der Waals surface area contributed by atoms with Crippen LogP contribution in [0.1, 0.15) is 41.6 Å². The number of rotatable bonds is 11. The predicted octanol–water partition coefficient (Wildman–Crippen LogP) is 5.12. The van der Waals surface area contributed by atoms with E-state index in [-0.39, 0.29) is 11.3 Å². The Hall–Kier alpha value is -4.14. The molecule has 2 aliphatic rings. The van der Waals surface area contributed by atoms with Crippen molar-refractivity contribution in [2.45, 2.75) is 32.9 Å². The molecule has 2 heterocycles. The second-order valence-electron chi connectivity index (χ2n) is 10.6. The molecule has 42 heavy (non-hydrogen) atoms. The number of benzene rings is 3. The molecule has 2 saturated heterocycles. The summed E-state index contributed by atoms with van der Waals surface area (Å²) in [6, 6.07) is 21.7. The molecule has 0 aliphatic carbocycles. The van der Waals surface area contributed by atoms with E-state index in [4.69, 9.17) is 14.2 Å². The lowest BCUT2D eigenvalue weighted by atomic mass is 9.95. The van der Waals surface area contributed by atoms with E-state index in [0.717, 1.165) is 36.3 Å². The predicted molar refractivity (Wildman–Crippen MR) is 160 cm³/mol. The number of ether oxygens (including phenoxy) is 3. The van der Waals surface area contributed by atoms with Gasteiger partial charge in [0, 0.05) is 31.7 Å². The van der Waals surface area contributed by atoms with Crippen molar-refractivity contribution in [2.75, 3.05) is 46.0 Å². The number of morpholine rings is 1. The number of carbonyl (C=O) groups excluding carboxylic acids is 2. The quantitative estimate of drug-likeness (QED) is 0.195. The van der Waals surface area contributed by atoms with Crippen molar-refractivity contribution in [2.24, 2.45) is 0 Å². The maximum Gasteiger partial charge on any atom is 0.295 e. The maximum atomic E-state index is 13.4. The van der Waals surface area contributed by atoms with Crippen molar-refractivity contribution in [1.29, 1.82) is 0 Å². The summed E-state index contributed by atoms with van der Waals surface area (Å²) in [4.78, 5) is 30.6. The van der Waals surface area contributed by atoms with Gasteiger partial charge in [0.25, 0.3) is 11.7 Å². The molecule has 1 N–H and O–H groups in total. The highest BCUT2D eigenvalue weighted by Gasteiger charge is 2.45. The van der Waals surface area contributed by atoms with Crippen LogP contribution in [-0.2, 0) is 20.9 Å². The summed E-state index contributed by atoms with van der Waals surface area (Å²) in [5, 5.41) is 11.4. The molecule has 1 atom stereocenters. The van der Waals surface area contributed by atoms with Crippen molar-refractivity contribution >= 4 is 17.4 Å². The Kier molecular flexibility index (Phi) is 9.56. The highest BCUT2D eigenvalue weighted by Crippen LogP contribution is 2.40. The zero-order valence-electron chi connectivity index (χ0n) is 24.3. The molecule has 0 saturated carbocycles. The number of Topliss-reactive ketones (excluding diaryl/α,β-unsaturated/α-hetero) is 1. The lowest BCUT2D eigenvalue weighted by Crippen LogP contribution is -2.38. The summed E-state index contributed by atoms with van der Waals surface area (Å²) in [5.41, 5.74) is 3.50. The van der Waals surface area contributed by atoms with Gasteiger partial charge in [-0.15, -0.1) is 0 Å². The third-order valence-corrected chi connectivity index (χ3v) is 7.64. The van der Waals surface area contributed by atoms with Crippen molar-refractivity contribution in [3.63, 3.8) is 0 Å². The molecule has 8 nitrogen and oxygen atoms in total. The Labute approximate surface area is 247 Å². The van der Waals surface area contributed by atoms with Gasteiger partial charge >= 0.3 is 0 Å². The maximum absolute atomic E-state index is 13.4. The van der Waals surface area contributed by atoms with Crippen molar-refractivity contribution in [1.82, 2.24) is 9.80 Å². The third-order valence-electron chi connectivity index (χ3n) is 7.64. The first-order valence-electron chi connectivity index (χ1n) is 14.5. The zero-order valence-corrected chi connectivity index (χ0v) is 24.3. The molecular formula is C34H38N2O6. The highest BCUT2D eigenvalue weighted by molar-refractivity contribution is 6.46. The van der Waals surface area contributed by atoms with Crippen molar-refractivity contribution < 1.29 is 28.9 Å². The summed E-state index contributed by atoms with van der Waals surface area (Å²) >= 11 is 0. The minimum atomic E-state index is -0.706. The molecule has 1 amide bonds. The van der Waals surface area contributed by atoms with Crippen molar-refractivity contribution in [3.05, 3.63) is 101 Å². The minimum Gasteiger partial charge on any atom is -0.507 e. The highest BCUT2D eigenvalue weighted by atomic mass is 16.5. The minimum absolute atomic E-state index is 0.0870.